The highest BCUT2D eigenvalue weighted by atomic mass is 16.7. The molecule has 4 N–H and O–H groups in total. The van der Waals surface area contributed by atoms with Gasteiger partial charge < -0.3 is 29.9 Å². The van der Waals surface area contributed by atoms with Crippen LogP contribution in [0.4, 0.5) is 0 Å². The van der Waals surface area contributed by atoms with Crippen molar-refractivity contribution >= 4 is 5.97 Å². The van der Waals surface area contributed by atoms with Gasteiger partial charge in [0.25, 0.3) is 0 Å². The molecule has 0 aromatic rings. The second-order valence-electron chi connectivity index (χ2n) is 3.92. The predicted molar refractivity (Wildman–Crippen MR) is 50.5 cm³/mol. The van der Waals surface area contributed by atoms with Crippen molar-refractivity contribution in [1.29, 1.82) is 0 Å². The van der Waals surface area contributed by atoms with E-state index in [1.165, 1.54) is 0 Å². The SMILES string of the molecule is CC(C)O[C@@H]1[C@@H](O)[C@H](O)[C@@H](C(=O)O)O[C@H]1O. The van der Waals surface area contributed by atoms with Gasteiger partial charge in [-0.2, -0.15) is 0 Å². The van der Waals surface area contributed by atoms with Crippen LogP contribution in [0.5, 0.6) is 0 Å². The van der Waals surface area contributed by atoms with Gasteiger partial charge in [0, 0.05) is 0 Å². The number of ether oxygens (including phenoxy) is 2. The van der Waals surface area contributed by atoms with Crippen LogP contribution in [0.1, 0.15) is 13.8 Å². The molecule has 0 unspecified atom stereocenters. The summed E-state index contributed by atoms with van der Waals surface area (Å²) >= 11 is 0. The fourth-order valence-electron chi connectivity index (χ4n) is 1.52. The number of rotatable bonds is 3. The summed E-state index contributed by atoms with van der Waals surface area (Å²) in [7, 11) is 0. The van der Waals surface area contributed by atoms with Crippen molar-refractivity contribution in [2.45, 2.75) is 50.7 Å². The second-order valence-corrected chi connectivity index (χ2v) is 3.92. The maximum atomic E-state index is 10.6. The summed E-state index contributed by atoms with van der Waals surface area (Å²) in [5.41, 5.74) is 0. The third kappa shape index (κ3) is 2.69. The third-order valence-corrected chi connectivity index (χ3v) is 2.24. The Hall–Kier alpha value is -0.730. The summed E-state index contributed by atoms with van der Waals surface area (Å²) in [6, 6.07) is 0. The van der Waals surface area contributed by atoms with E-state index in [9.17, 15) is 20.1 Å². The Balaban J connectivity index is 2.75. The van der Waals surface area contributed by atoms with Crippen molar-refractivity contribution in [3.05, 3.63) is 0 Å². The smallest absolute Gasteiger partial charge is 0.335 e. The topological polar surface area (TPSA) is 116 Å². The van der Waals surface area contributed by atoms with E-state index >= 15 is 0 Å². The molecule has 1 saturated heterocycles. The number of carboxylic acids is 1. The molecule has 0 bridgehead atoms. The molecular weight excluding hydrogens is 220 g/mol. The summed E-state index contributed by atoms with van der Waals surface area (Å²) in [4.78, 5) is 10.6. The Kier molecular flexibility index (Phi) is 4.22. The second kappa shape index (κ2) is 5.07. The van der Waals surface area contributed by atoms with Gasteiger partial charge in [0.1, 0.15) is 18.3 Å². The molecule has 1 aliphatic heterocycles. The summed E-state index contributed by atoms with van der Waals surface area (Å²) < 4.78 is 9.80. The zero-order valence-corrected chi connectivity index (χ0v) is 8.98. The van der Waals surface area contributed by atoms with Crippen LogP contribution in [-0.2, 0) is 14.3 Å². The van der Waals surface area contributed by atoms with Crippen LogP contribution in [0.2, 0.25) is 0 Å². The number of aliphatic carboxylic acids is 1. The van der Waals surface area contributed by atoms with Gasteiger partial charge in [-0.25, -0.2) is 4.79 Å². The van der Waals surface area contributed by atoms with Gasteiger partial charge in [0.05, 0.1) is 6.10 Å². The molecule has 5 atom stereocenters. The van der Waals surface area contributed by atoms with E-state index in [4.69, 9.17) is 9.84 Å². The zero-order valence-electron chi connectivity index (χ0n) is 8.98. The minimum absolute atomic E-state index is 0.300. The summed E-state index contributed by atoms with van der Waals surface area (Å²) in [5.74, 6) is -1.45. The van der Waals surface area contributed by atoms with Gasteiger partial charge in [-0.15, -0.1) is 0 Å². The monoisotopic (exact) mass is 236 g/mol. The minimum Gasteiger partial charge on any atom is -0.479 e. The first-order valence-corrected chi connectivity index (χ1v) is 4.92. The first-order chi connectivity index (χ1) is 7.34. The lowest BCUT2D eigenvalue weighted by atomic mass is 9.99. The van der Waals surface area contributed by atoms with Crippen LogP contribution in [0.3, 0.4) is 0 Å². The van der Waals surface area contributed by atoms with E-state index in [0.717, 1.165) is 0 Å². The van der Waals surface area contributed by atoms with Gasteiger partial charge in [0.2, 0.25) is 0 Å². The lowest BCUT2D eigenvalue weighted by Crippen LogP contribution is -2.60. The number of carbonyl (C=O) groups is 1. The number of hydrogen-bond donors (Lipinski definition) is 4. The van der Waals surface area contributed by atoms with Crippen LogP contribution in [0.25, 0.3) is 0 Å². The summed E-state index contributed by atoms with van der Waals surface area (Å²) in [6.07, 6.45) is -7.84. The summed E-state index contributed by atoms with van der Waals surface area (Å²) in [6.45, 7) is 3.35. The molecule has 0 aromatic carbocycles. The fourth-order valence-corrected chi connectivity index (χ4v) is 1.52. The molecule has 0 radical (unpaired) electrons. The number of aliphatic hydroxyl groups is 3. The number of aliphatic hydroxyl groups excluding tert-OH is 3. The Labute approximate surface area is 92.2 Å². The molecule has 1 rings (SSSR count). The molecule has 16 heavy (non-hydrogen) atoms. The Morgan fingerprint density at radius 3 is 2.25 bits per heavy atom. The summed E-state index contributed by atoms with van der Waals surface area (Å²) in [5, 5.41) is 37.2. The molecular formula is C9H16O7. The molecule has 1 fully saturated rings. The van der Waals surface area contributed by atoms with Gasteiger partial charge in [-0.3, -0.25) is 0 Å². The van der Waals surface area contributed by atoms with Gasteiger partial charge in [-0.1, -0.05) is 0 Å². The van der Waals surface area contributed by atoms with E-state index in [0.29, 0.717) is 0 Å². The highest BCUT2D eigenvalue weighted by Gasteiger charge is 2.47. The quantitative estimate of drug-likeness (QED) is 0.461. The van der Waals surface area contributed by atoms with Crippen LogP contribution >= 0.6 is 0 Å². The molecule has 0 saturated carbocycles. The number of carboxylic acid groups (broad SMARTS) is 1. The normalized spacial score (nSPS) is 40.0. The molecule has 7 heteroatoms. The van der Waals surface area contributed by atoms with E-state index in [1.807, 2.05) is 0 Å². The minimum atomic E-state index is -1.66. The van der Waals surface area contributed by atoms with Gasteiger partial charge in [-0.05, 0) is 13.8 Å². The number of hydrogen-bond acceptors (Lipinski definition) is 6. The maximum Gasteiger partial charge on any atom is 0.335 e. The maximum absolute atomic E-state index is 10.6. The van der Waals surface area contributed by atoms with Crippen molar-refractivity contribution in [3.8, 4) is 0 Å². The van der Waals surface area contributed by atoms with Crippen molar-refractivity contribution in [2.24, 2.45) is 0 Å². The average molecular weight is 236 g/mol. The third-order valence-electron chi connectivity index (χ3n) is 2.24. The van der Waals surface area contributed by atoms with Crippen molar-refractivity contribution in [3.63, 3.8) is 0 Å². The Bertz CT molecular complexity index is 254. The van der Waals surface area contributed by atoms with Crippen molar-refractivity contribution in [1.82, 2.24) is 0 Å². The van der Waals surface area contributed by atoms with Crippen LogP contribution < -0.4 is 0 Å². The first kappa shape index (κ1) is 13.3. The van der Waals surface area contributed by atoms with E-state index in [1.54, 1.807) is 13.8 Å². The fraction of sp³-hybridized carbons (Fsp3) is 0.889. The Morgan fingerprint density at radius 1 is 1.25 bits per heavy atom. The van der Waals surface area contributed by atoms with E-state index < -0.39 is 36.7 Å². The van der Waals surface area contributed by atoms with Gasteiger partial charge in [0.15, 0.2) is 12.4 Å². The molecule has 0 aromatic heterocycles. The predicted octanol–water partition coefficient (Wildman–Crippen LogP) is -1.70. The highest BCUT2D eigenvalue weighted by Crippen LogP contribution is 2.23. The molecule has 0 spiro atoms. The van der Waals surface area contributed by atoms with Crippen molar-refractivity contribution in [2.75, 3.05) is 0 Å². The molecule has 0 amide bonds. The van der Waals surface area contributed by atoms with E-state index in [-0.39, 0.29) is 6.10 Å². The van der Waals surface area contributed by atoms with E-state index in [2.05, 4.69) is 4.74 Å². The molecule has 0 aliphatic carbocycles. The molecule has 94 valence electrons. The van der Waals surface area contributed by atoms with Crippen LogP contribution in [0.15, 0.2) is 0 Å². The molecule has 1 aliphatic rings. The van der Waals surface area contributed by atoms with Crippen LogP contribution in [0, 0.1) is 0 Å². The average Bonchev–Trinajstić information content (AvgIpc) is 2.17. The standard InChI is InChI=1S/C9H16O7/c1-3(2)15-7-5(11)4(10)6(8(12)13)16-9(7)14/h3-7,9-11,14H,1-2H3,(H,12,13)/t4-,5-,6-,7+,9+/m0/s1. The lowest BCUT2D eigenvalue weighted by molar-refractivity contribution is -0.294. The van der Waals surface area contributed by atoms with Gasteiger partial charge >= 0.3 is 5.97 Å². The Morgan fingerprint density at radius 2 is 1.81 bits per heavy atom. The zero-order chi connectivity index (χ0) is 12.5. The van der Waals surface area contributed by atoms with Crippen LogP contribution in [-0.4, -0.2) is 63.2 Å². The molecule has 7 nitrogen and oxygen atoms in total. The lowest BCUT2D eigenvalue weighted by Gasteiger charge is -2.39. The highest BCUT2D eigenvalue weighted by molar-refractivity contribution is 5.73. The molecule has 1 heterocycles. The largest absolute Gasteiger partial charge is 0.479 e. The van der Waals surface area contributed by atoms with Crippen molar-refractivity contribution < 1.29 is 34.7 Å². The first-order valence-electron chi connectivity index (χ1n) is 4.92.